The molecule has 1 aromatic carbocycles. The smallest absolute Gasteiger partial charge is 0.159 e. The Morgan fingerprint density at radius 1 is 1.16 bits per heavy atom. The van der Waals surface area contributed by atoms with Crippen LogP contribution in [0.2, 0.25) is 0 Å². The zero-order chi connectivity index (χ0) is 21.4. The minimum absolute atomic E-state index is 0.0511. The average molecular weight is 415 g/mol. The Morgan fingerprint density at radius 3 is 2.58 bits per heavy atom. The number of hydrogen-bond donors (Lipinski definition) is 1. The van der Waals surface area contributed by atoms with Crippen molar-refractivity contribution in [2.45, 2.75) is 63.0 Å². The molecule has 3 aromatic rings. The van der Waals surface area contributed by atoms with Crippen LogP contribution in [0.25, 0.3) is 16.7 Å². The summed E-state index contributed by atoms with van der Waals surface area (Å²) in [7, 11) is 0. The van der Waals surface area contributed by atoms with Crippen LogP contribution in [0.4, 0.5) is 5.82 Å². The first-order chi connectivity index (χ1) is 14.8. The summed E-state index contributed by atoms with van der Waals surface area (Å²) in [6, 6.07) is 11.2. The molecule has 2 aliphatic carbocycles. The lowest BCUT2D eigenvalue weighted by atomic mass is 9.61. The molecule has 0 unspecified atom stereocenters. The first-order valence-corrected chi connectivity index (χ1v) is 11.1. The minimum Gasteiger partial charge on any atom is -0.390 e. The third-order valence-corrected chi connectivity index (χ3v) is 8.16. The van der Waals surface area contributed by atoms with E-state index in [9.17, 15) is 10.4 Å². The number of nitriles is 1. The molecule has 4 aliphatic rings. The highest BCUT2D eigenvalue weighted by Gasteiger charge is 2.62. The maximum Gasteiger partial charge on any atom is 0.159 e. The van der Waals surface area contributed by atoms with E-state index in [2.05, 4.69) is 44.2 Å². The fourth-order valence-corrected chi connectivity index (χ4v) is 5.71. The number of benzene rings is 1. The van der Waals surface area contributed by atoms with Crippen LogP contribution < -0.4 is 4.90 Å². The predicted octanol–water partition coefficient (Wildman–Crippen LogP) is 3.50. The molecule has 7 nitrogen and oxygen atoms in total. The van der Waals surface area contributed by atoms with Crippen molar-refractivity contribution in [1.82, 2.24) is 19.7 Å². The third-order valence-electron chi connectivity index (χ3n) is 8.16. The normalized spacial score (nSPS) is 26.4. The summed E-state index contributed by atoms with van der Waals surface area (Å²) in [6.07, 6.45) is 8.37. The van der Waals surface area contributed by atoms with Gasteiger partial charge in [-0.2, -0.15) is 10.4 Å². The van der Waals surface area contributed by atoms with Crippen LogP contribution in [0, 0.1) is 16.7 Å². The van der Waals surface area contributed by atoms with Gasteiger partial charge in [-0.3, -0.25) is 0 Å². The molecule has 0 spiro atoms. The molecular formula is C24H26N6O. The Hall–Kier alpha value is -2.98. The van der Waals surface area contributed by atoms with Crippen LogP contribution in [-0.4, -0.2) is 43.0 Å². The van der Waals surface area contributed by atoms with Gasteiger partial charge in [0, 0.05) is 29.5 Å². The van der Waals surface area contributed by atoms with Crippen molar-refractivity contribution in [3.8, 4) is 11.9 Å². The van der Waals surface area contributed by atoms with E-state index in [1.165, 1.54) is 0 Å². The van der Waals surface area contributed by atoms with Crippen molar-refractivity contribution in [3.05, 3.63) is 42.4 Å². The lowest BCUT2D eigenvalue weighted by molar-refractivity contribution is -0.0754. The molecule has 158 valence electrons. The molecule has 4 heterocycles. The van der Waals surface area contributed by atoms with Crippen molar-refractivity contribution in [1.29, 1.82) is 5.26 Å². The molecule has 2 aliphatic heterocycles. The molecular weight excluding hydrogens is 388 g/mol. The number of aromatic nitrogens is 4. The average Bonchev–Trinajstić information content (AvgIpc) is 3.38. The Morgan fingerprint density at radius 2 is 1.94 bits per heavy atom. The molecule has 7 heteroatoms. The molecule has 2 bridgehead atoms. The summed E-state index contributed by atoms with van der Waals surface area (Å²) >= 11 is 0. The van der Waals surface area contributed by atoms with E-state index < -0.39 is 5.60 Å². The van der Waals surface area contributed by atoms with Crippen molar-refractivity contribution >= 4 is 16.7 Å². The van der Waals surface area contributed by atoms with E-state index in [1.54, 1.807) is 6.33 Å². The summed E-state index contributed by atoms with van der Waals surface area (Å²) < 4.78 is 1.85. The number of nitrogens with zero attached hydrogens (tertiary/aromatic N) is 6. The first-order valence-electron chi connectivity index (χ1n) is 11.1. The number of rotatable bonds is 4. The Kier molecular flexibility index (Phi) is 3.66. The topological polar surface area (TPSA) is 90.9 Å². The molecule has 31 heavy (non-hydrogen) atoms. The maximum atomic E-state index is 10.6. The van der Waals surface area contributed by atoms with Crippen molar-refractivity contribution in [3.63, 3.8) is 0 Å². The van der Waals surface area contributed by atoms with Crippen LogP contribution in [0.3, 0.4) is 0 Å². The summed E-state index contributed by atoms with van der Waals surface area (Å²) in [4.78, 5) is 11.4. The van der Waals surface area contributed by atoms with Gasteiger partial charge in [0.05, 0.1) is 28.8 Å². The molecule has 1 N–H and O–H groups in total. The first kappa shape index (κ1) is 18.8. The van der Waals surface area contributed by atoms with E-state index in [4.69, 9.17) is 0 Å². The summed E-state index contributed by atoms with van der Waals surface area (Å²) in [5.74, 6) is 1.60. The minimum atomic E-state index is -0.694. The van der Waals surface area contributed by atoms with Gasteiger partial charge in [-0.15, -0.1) is 0 Å². The van der Waals surface area contributed by atoms with Gasteiger partial charge in [0.25, 0.3) is 0 Å². The van der Waals surface area contributed by atoms with E-state index in [0.29, 0.717) is 6.04 Å². The monoisotopic (exact) mass is 414 g/mol. The quantitative estimate of drug-likeness (QED) is 0.703. The number of aliphatic hydroxyl groups is 1. The van der Waals surface area contributed by atoms with Gasteiger partial charge in [-0.1, -0.05) is 12.1 Å². The molecule has 2 aromatic heterocycles. The van der Waals surface area contributed by atoms with E-state index in [0.717, 1.165) is 66.8 Å². The number of fused-ring (bicyclic) bond motifs is 2. The molecule has 2 saturated heterocycles. The van der Waals surface area contributed by atoms with Crippen LogP contribution in [-0.2, 0) is 5.41 Å². The Bertz CT molecular complexity index is 1220. The Labute approximate surface area is 181 Å². The second-order valence-corrected chi connectivity index (χ2v) is 10.1. The molecule has 7 rings (SSSR count). The third kappa shape index (κ3) is 2.51. The van der Waals surface area contributed by atoms with Crippen LogP contribution in [0.15, 0.2) is 36.8 Å². The van der Waals surface area contributed by atoms with Gasteiger partial charge >= 0.3 is 0 Å². The SMILES string of the molecule is CC(C)(O)C12CC(C1)N(c1cc(-n3ncc4ccc(C5(C#N)CCC5)cc43)ncn1)C2. The zero-order valence-corrected chi connectivity index (χ0v) is 17.9. The van der Waals surface area contributed by atoms with Gasteiger partial charge in [-0.05, 0) is 57.6 Å². The lowest BCUT2D eigenvalue weighted by Gasteiger charge is -2.45. The van der Waals surface area contributed by atoms with Crippen LogP contribution >= 0.6 is 0 Å². The Balaban J connectivity index is 1.37. The number of anilines is 1. The van der Waals surface area contributed by atoms with Crippen molar-refractivity contribution < 1.29 is 5.11 Å². The largest absolute Gasteiger partial charge is 0.390 e. The van der Waals surface area contributed by atoms with Crippen molar-refractivity contribution in [2.24, 2.45) is 5.41 Å². The molecule has 2 saturated carbocycles. The van der Waals surface area contributed by atoms with E-state index in [1.807, 2.05) is 30.8 Å². The van der Waals surface area contributed by atoms with Gasteiger partial charge in [0.2, 0.25) is 0 Å². The van der Waals surface area contributed by atoms with Crippen LogP contribution in [0.5, 0.6) is 0 Å². The molecule has 0 atom stereocenters. The van der Waals surface area contributed by atoms with Gasteiger partial charge in [0.15, 0.2) is 5.82 Å². The highest BCUT2D eigenvalue weighted by atomic mass is 16.3. The number of hydrogen-bond acceptors (Lipinski definition) is 6. The van der Waals surface area contributed by atoms with E-state index in [-0.39, 0.29) is 10.8 Å². The van der Waals surface area contributed by atoms with Gasteiger partial charge in [-0.25, -0.2) is 14.6 Å². The standard InChI is InChI=1S/C24H26N6O/c1-22(2,31)24-10-18(11-24)29(14-24)20-9-21(27-15-26-20)30-19-8-17(5-4-16(19)12-28-30)23(13-25)6-3-7-23/h4-5,8-9,12,15,18,31H,3,6-7,10-11,14H2,1-2H3. The van der Waals surface area contributed by atoms with E-state index >= 15 is 0 Å². The zero-order valence-electron chi connectivity index (χ0n) is 17.9. The fourth-order valence-electron chi connectivity index (χ4n) is 5.71. The van der Waals surface area contributed by atoms with Gasteiger partial charge < -0.3 is 10.0 Å². The lowest BCUT2D eigenvalue weighted by Crippen LogP contribution is -2.50. The summed E-state index contributed by atoms with van der Waals surface area (Å²) in [5, 5.41) is 26.0. The van der Waals surface area contributed by atoms with Gasteiger partial charge in [0.1, 0.15) is 12.1 Å². The molecule has 4 fully saturated rings. The van der Waals surface area contributed by atoms with Crippen molar-refractivity contribution in [2.75, 3.05) is 11.4 Å². The fraction of sp³-hybridized carbons (Fsp3) is 0.500. The second kappa shape index (κ2) is 6.04. The summed E-state index contributed by atoms with van der Waals surface area (Å²) in [6.45, 7) is 4.65. The highest BCUT2D eigenvalue weighted by molar-refractivity contribution is 5.81. The highest BCUT2D eigenvalue weighted by Crippen LogP contribution is 2.58. The maximum absolute atomic E-state index is 10.6. The second-order valence-electron chi connectivity index (χ2n) is 10.1. The van der Waals surface area contributed by atoms with Crippen LogP contribution in [0.1, 0.15) is 51.5 Å². The summed E-state index contributed by atoms with van der Waals surface area (Å²) in [5.41, 5.74) is 0.924. The predicted molar refractivity (Wildman–Crippen MR) is 117 cm³/mol. The molecule has 0 radical (unpaired) electrons. The molecule has 0 amide bonds.